The summed E-state index contributed by atoms with van der Waals surface area (Å²) < 4.78 is 0. The van der Waals surface area contributed by atoms with Gasteiger partial charge in [0.1, 0.15) is 6.54 Å². The zero-order valence-corrected chi connectivity index (χ0v) is 19.5. The molecule has 1 aliphatic rings. The summed E-state index contributed by atoms with van der Waals surface area (Å²) in [4.78, 5) is 53.0. The van der Waals surface area contributed by atoms with Crippen molar-refractivity contribution < 1.29 is 24.3 Å². The maximum atomic E-state index is 13.3. The molecule has 3 N–H and O–H groups in total. The highest BCUT2D eigenvalue weighted by Crippen LogP contribution is 2.27. The van der Waals surface area contributed by atoms with Crippen LogP contribution in [0.5, 0.6) is 0 Å². The third-order valence-corrected chi connectivity index (χ3v) is 5.84. The Balaban J connectivity index is 1.44. The van der Waals surface area contributed by atoms with Gasteiger partial charge in [-0.25, -0.2) is 9.59 Å². The van der Waals surface area contributed by atoms with Crippen molar-refractivity contribution in [1.82, 2.24) is 5.32 Å². The van der Waals surface area contributed by atoms with Crippen molar-refractivity contribution >= 4 is 40.9 Å². The lowest BCUT2D eigenvalue weighted by molar-refractivity contribution is -0.122. The molecule has 36 heavy (non-hydrogen) atoms. The molecule has 0 atom stereocenters. The van der Waals surface area contributed by atoms with Crippen LogP contribution in [0.4, 0.5) is 21.9 Å². The fraction of sp³-hybridized carbons (Fsp3) is 0.185. The molecule has 1 aliphatic heterocycles. The largest absolute Gasteiger partial charge is 0.478 e. The number of carbonyl (C=O) groups is 4. The second-order valence-electron chi connectivity index (χ2n) is 8.29. The van der Waals surface area contributed by atoms with Gasteiger partial charge in [-0.1, -0.05) is 42.5 Å². The molecule has 3 aromatic rings. The first kappa shape index (κ1) is 24.5. The van der Waals surface area contributed by atoms with Crippen LogP contribution in [0.25, 0.3) is 0 Å². The summed E-state index contributed by atoms with van der Waals surface area (Å²) >= 11 is 0. The highest BCUT2D eigenvalue weighted by Gasteiger charge is 2.26. The van der Waals surface area contributed by atoms with Crippen LogP contribution < -0.4 is 20.4 Å². The van der Waals surface area contributed by atoms with Gasteiger partial charge in [-0.05, 0) is 54.8 Å². The number of amides is 4. The summed E-state index contributed by atoms with van der Waals surface area (Å²) in [6.07, 6.45) is 1.74. The summed E-state index contributed by atoms with van der Waals surface area (Å²) in [5.41, 5.74) is 2.79. The first-order chi connectivity index (χ1) is 17.4. The molecule has 0 saturated heterocycles. The monoisotopic (exact) mass is 486 g/mol. The van der Waals surface area contributed by atoms with E-state index in [1.54, 1.807) is 35.2 Å². The number of carboxylic acids is 1. The lowest BCUT2D eigenvalue weighted by Crippen LogP contribution is -2.48. The average Bonchev–Trinajstić information content (AvgIpc) is 2.90. The van der Waals surface area contributed by atoms with E-state index in [0.29, 0.717) is 12.2 Å². The number of nitrogens with zero attached hydrogens (tertiary/aromatic N) is 2. The average molecular weight is 487 g/mol. The van der Waals surface area contributed by atoms with Crippen molar-refractivity contribution in [2.75, 3.05) is 34.8 Å². The smallest absolute Gasteiger partial charge is 0.335 e. The van der Waals surface area contributed by atoms with E-state index in [-0.39, 0.29) is 30.2 Å². The Kier molecular flexibility index (Phi) is 7.60. The van der Waals surface area contributed by atoms with E-state index in [4.69, 9.17) is 5.11 Å². The van der Waals surface area contributed by atoms with Crippen LogP contribution in [-0.2, 0) is 16.0 Å². The van der Waals surface area contributed by atoms with Gasteiger partial charge in [-0.2, -0.15) is 0 Å². The number of aromatic carboxylic acids is 1. The fourth-order valence-electron chi connectivity index (χ4n) is 4.10. The highest BCUT2D eigenvalue weighted by atomic mass is 16.4. The first-order valence-corrected chi connectivity index (χ1v) is 11.5. The van der Waals surface area contributed by atoms with Gasteiger partial charge in [0.25, 0.3) is 0 Å². The third kappa shape index (κ3) is 5.87. The molecular weight excluding hydrogens is 460 g/mol. The Bertz CT molecular complexity index is 1280. The van der Waals surface area contributed by atoms with Gasteiger partial charge in [0.05, 0.1) is 12.1 Å². The molecule has 9 heteroatoms. The normalized spacial score (nSPS) is 12.3. The van der Waals surface area contributed by atoms with Gasteiger partial charge in [-0.15, -0.1) is 0 Å². The molecular formula is C27H26N4O5. The maximum absolute atomic E-state index is 13.3. The number of urea groups is 1. The number of para-hydroxylation sites is 2. The SMILES string of the molecule is O=C(NCC(=O)N(CC(=O)N1CCCc2ccccc21)c1ccccc1)Nc1cccc(C(=O)O)c1. The Morgan fingerprint density at radius 1 is 0.917 bits per heavy atom. The number of hydrogen-bond acceptors (Lipinski definition) is 4. The number of hydrogen-bond donors (Lipinski definition) is 3. The van der Waals surface area contributed by atoms with Crippen molar-refractivity contribution in [3.8, 4) is 0 Å². The van der Waals surface area contributed by atoms with E-state index in [9.17, 15) is 19.2 Å². The zero-order valence-electron chi connectivity index (χ0n) is 19.5. The molecule has 0 radical (unpaired) electrons. The molecule has 0 aromatic heterocycles. The van der Waals surface area contributed by atoms with E-state index in [2.05, 4.69) is 10.6 Å². The minimum absolute atomic E-state index is 0.0249. The van der Waals surface area contributed by atoms with Gasteiger partial charge in [0.15, 0.2) is 0 Å². The van der Waals surface area contributed by atoms with Crippen molar-refractivity contribution in [1.29, 1.82) is 0 Å². The highest BCUT2D eigenvalue weighted by molar-refractivity contribution is 6.05. The number of fused-ring (bicyclic) bond motifs is 1. The van der Waals surface area contributed by atoms with Crippen LogP contribution in [0.3, 0.4) is 0 Å². The Morgan fingerprint density at radius 3 is 2.44 bits per heavy atom. The van der Waals surface area contributed by atoms with Crippen LogP contribution in [0.1, 0.15) is 22.3 Å². The molecule has 9 nitrogen and oxygen atoms in total. The fourth-order valence-corrected chi connectivity index (χ4v) is 4.10. The van der Waals surface area contributed by atoms with Crippen LogP contribution in [0.15, 0.2) is 78.9 Å². The molecule has 0 fully saturated rings. The molecule has 184 valence electrons. The molecule has 0 saturated carbocycles. The number of aryl methyl sites for hydroxylation is 1. The van der Waals surface area contributed by atoms with Crippen molar-refractivity contribution in [2.24, 2.45) is 0 Å². The van der Waals surface area contributed by atoms with Crippen molar-refractivity contribution in [3.05, 3.63) is 90.0 Å². The lowest BCUT2D eigenvalue weighted by Gasteiger charge is -2.32. The summed E-state index contributed by atoms with van der Waals surface area (Å²) in [5, 5.41) is 14.1. The lowest BCUT2D eigenvalue weighted by atomic mass is 10.0. The van der Waals surface area contributed by atoms with E-state index in [1.165, 1.54) is 23.1 Å². The van der Waals surface area contributed by atoms with Crippen molar-refractivity contribution in [3.63, 3.8) is 0 Å². The molecule has 1 heterocycles. The topological polar surface area (TPSA) is 119 Å². The molecule has 0 bridgehead atoms. The summed E-state index contributed by atoms with van der Waals surface area (Å²) in [6, 6.07) is 21.7. The molecule has 0 unspecified atom stereocenters. The van der Waals surface area contributed by atoms with E-state index >= 15 is 0 Å². The molecule has 4 rings (SSSR count). The quantitative estimate of drug-likeness (QED) is 0.472. The number of benzene rings is 3. The van der Waals surface area contributed by atoms with Crippen LogP contribution >= 0.6 is 0 Å². The third-order valence-electron chi connectivity index (χ3n) is 5.84. The Hall–Kier alpha value is -4.66. The van der Waals surface area contributed by atoms with Crippen LogP contribution in [-0.4, -0.2) is 48.6 Å². The molecule has 3 aromatic carbocycles. The Morgan fingerprint density at radius 2 is 1.67 bits per heavy atom. The van der Waals surface area contributed by atoms with Gasteiger partial charge < -0.3 is 25.5 Å². The van der Waals surface area contributed by atoms with Gasteiger partial charge >= 0.3 is 12.0 Å². The minimum atomic E-state index is -1.12. The second-order valence-corrected chi connectivity index (χ2v) is 8.29. The van der Waals surface area contributed by atoms with E-state index in [0.717, 1.165) is 24.1 Å². The zero-order chi connectivity index (χ0) is 25.5. The minimum Gasteiger partial charge on any atom is -0.478 e. The molecule has 0 aliphatic carbocycles. The van der Waals surface area contributed by atoms with Crippen molar-refractivity contribution in [2.45, 2.75) is 12.8 Å². The van der Waals surface area contributed by atoms with Crippen LogP contribution in [0, 0.1) is 0 Å². The number of carboxylic acid groups (broad SMARTS) is 1. The molecule has 4 amide bonds. The summed E-state index contributed by atoms with van der Waals surface area (Å²) in [5.74, 6) is -1.79. The molecule has 0 spiro atoms. The first-order valence-electron chi connectivity index (χ1n) is 11.5. The number of anilines is 3. The van der Waals surface area contributed by atoms with Crippen LogP contribution in [0.2, 0.25) is 0 Å². The number of rotatable bonds is 7. The summed E-state index contributed by atoms with van der Waals surface area (Å²) in [7, 11) is 0. The Labute approximate surface area is 208 Å². The standard InChI is InChI=1S/C27H26N4O5/c32-24(17-28-27(36)29-21-11-6-9-20(16-21)26(34)35)31(22-12-2-1-3-13-22)18-25(33)30-15-7-10-19-8-4-5-14-23(19)30/h1-6,8-9,11-14,16H,7,10,15,17-18H2,(H,34,35)(H2,28,29,36). The number of nitrogens with one attached hydrogen (secondary N) is 2. The number of carbonyl (C=O) groups excluding carboxylic acids is 3. The summed E-state index contributed by atoms with van der Waals surface area (Å²) in [6.45, 7) is 0.0348. The predicted molar refractivity (Wildman–Crippen MR) is 136 cm³/mol. The van der Waals surface area contributed by atoms with Gasteiger partial charge in [0, 0.05) is 23.6 Å². The van der Waals surface area contributed by atoms with E-state index in [1.807, 2.05) is 30.3 Å². The maximum Gasteiger partial charge on any atom is 0.335 e. The van der Waals surface area contributed by atoms with Gasteiger partial charge in [-0.3, -0.25) is 9.59 Å². The van der Waals surface area contributed by atoms with E-state index < -0.39 is 17.9 Å². The second kappa shape index (κ2) is 11.2. The van der Waals surface area contributed by atoms with Gasteiger partial charge in [0.2, 0.25) is 11.8 Å². The predicted octanol–water partition coefficient (Wildman–Crippen LogP) is 3.52.